The third-order valence-corrected chi connectivity index (χ3v) is 4.24. The predicted octanol–water partition coefficient (Wildman–Crippen LogP) is 2.70. The van der Waals surface area contributed by atoms with Gasteiger partial charge in [0.15, 0.2) is 0 Å². The number of aliphatic hydroxyl groups is 1. The minimum Gasteiger partial charge on any atom is -0.391 e. The molecule has 2 atom stereocenters. The highest BCUT2D eigenvalue weighted by molar-refractivity contribution is 5.88. The maximum absolute atomic E-state index is 9.98. The quantitative estimate of drug-likeness (QED) is 0.810. The van der Waals surface area contributed by atoms with Crippen LogP contribution in [0.2, 0.25) is 0 Å². The van der Waals surface area contributed by atoms with Crippen LogP contribution in [0.15, 0.2) is 42.4 Å². The lowest BCUT2D eigenvalue weighted by molar-refractivity contribution is 0.146. The van der Waals surface area contributed by atoms with Crippen LogP contribution in [0.5, 0.6) is 0 Å². The summed E-state index contributed by atoms with van der Waals surface area (Å²) in [5.74, 6) is 0.832. The number of dihydropyridines is 1. The maximum atomic E-state index is 9.98. The van der Waals surface area contributed by atoms with E-state index in [9.17, 15) is 5.11 Å². The number of anilines is 1. The van der Waals surface area contributed by atoms with Gasteiger partial charge in [0.05, 0.1) is 17.8 Å². The number of aromatic nitrogens is 2. The Kier molecular flexibility index (Phi) is 4.30. The molecule has 0 radical (unpaired) electrons. The van der Waals surface area contributed by atoms with Crippen LogP contribution in [0.4, 0.5) is 5.82 Å². The number of allylic oxidation sites excluding steroid dienone is 2. The summed E-state index contributed by atoms with van der Waals surface area (Å²) in [6, 6.07) is 3.99. The Bertz CT molecular complexity index is 782. The number of rotatable bonds is 4. The number of fused-ring (bicyclic) bond motifs is 1. The largest absolute Gasteiger partial charge is 0.391 e. The van der Waals surface area contributed by atoms with E-state index >= 15 is 0 Å². The molecular formula is C18H22N4O. The lowest BCUT2D eigenvalue weighted by Crippen LogP contribution is -2.37. The Hall–Kier alpha value is -2.40. The van der Waals surface area contributed by atoms with Crippen LogP contribution in [0.1, 0.15) is 26.0 Å². The molecule has 2 aromatic rings. The molecule has 3 heterocycles. The SMILES string of the molecule is CCC(O)C1C=C(C)C(c2cc3cnc(NC)cc3cn2)=CN1. The fraction of sp³-hybridized carbons (Fsp3) is 0.333. The monoisotopic (exact) mass is 310 g/mol. The van der Waals surface area contributed by atoms with Crippen molar-refractivity contribution in [1.29, 1.82) is 0 Å². The van der Waals surface area contributed by atoms with Crippen LogP contribution in [-0.2, 0) is 0 Å². The van der Waals surface area contributed by atoms with Crippen LogP contribution in [0, 0.1) is 0 Å². The van der Waals surface area contributed by atoms with Crippen LogP contribution >= 0.6 is 0 Å². The average Bonchev–Trinajstić information content (AvgIpc) is 2.60. The first kappa shape index (κ1) is 15.5. The van der Waals surface area contributed by atoms with Gasteiger partial charge in [-0.3, -0.25) is 4.98 Å². The molecule has 2 aromatic heterocycles. The number of nitrogens with zero attached hydrogens (tertiary/aromatic N) is 2. The molecule has 5 nitrogen and oxygen atoms in total. The maximum Gasteiger partial charge on any atom is 0.126 e. The molecule has 1 aliphatic rings. The first-order valence-electron chi connectivity index (χ1n) is 7.89. The number of hydrogen-bond acceptors (Lipinski definition) is 5. The van der Waals surface area contributed by atoms with Gasteiger partial charge >= 0.3 is 0 Å². The molecule has 23 heavy (non-hydrogen) atoms. The Balaban J connectivity index is 1.92. The third-order valence-electron chi connectivity index (χ3n) is 4.24. The van der Waals surface area contributed by atoms with Crippen molar-refractivity contribution in [1.82, 2.24) is 15.3 Å². The fourth-order valence-corrected chi connectivity index (χ4v) is 2.77. The lowest BCUT2D eigenvalue weighted by atomic mass is 9.95. The van der Waals surface area contributed by atoms with Gasteiger partial charge in [0.25, 0.3) is 0 Å². The molecule has 0 fully saturated rings. The van der Waals surface area contributed by atoms with Gasteiger partial charge in [-0.1, -0.05) is 13.0 Å². The van der Waals surface area contributed by atoms with Crippen molar-refractivity contribution in [3.8, 4) is 0 Å². The Morgan fingerprint density at radius 2 is 2.00 bits per heavy atom. The normalized spacial score (nSPS) is 18.9. The summed E-state index contributed by atoms with van der Waals surface area (Å²) in [5.41, 5.74) is 3.07. The highest BCUT2D eigenvalue weighted by atomic mass is 16.3. The second kappa shape index (κ2) is 6.38. The van der Waals surface area contributed by atoms with E-state index < -0.39 is 0 Å². The third kappa shape index (κ3) is 3.05. The molecule has 0 amide bonds. The molecule has 3 N–H and O–H groups in total. The Morgan fingerprint density at radius 3 is 2.70 bits per heavy atom. The summed E-state index contributed by atoms with van der Waals surface area (Å²) in [4.78, 5) is 8.93. The van der Waals surface area contributed by atoms with Gasteiger partial charge in [0.2, 0.25) is 0 Å². The highest BCUT2D eigenvalue weighted by Gasteiger charge is 2.19. The van der Waals surface area contributed by atoms with E-state index in [1.807, 2.05) is 44.7 Å². The standard InChI is InChI=1S/C18H22N4O/c1-4-17(23)16-5-11(2)14(10-21-16)15-6-12-9-22-18(19-3)7-13(12)8-20-15/h5-10,16-17,21,23H,4H2,1-3H3,(H,19,22). The Morgan fingerprint density at radius 1 is 1.26 bits per heavy atom. The smallest absolute Gasteiger partial charge is 0.126 e. The van der Waals surface area contributed by atoms with Gasteiger partial charge in [-0.05, 0) is 31.1 Å². The van der Waals surface area contributed by atoms with E-state index in [1.165, 1.54) is 0 Å². The van der Waals surface area contributed by atoms with Crippen molar-refractivity contribution in [2.24, 2.45) is 0 Å². The minimum absolute atomic E-state index is 0.0379. The molecule has 0 saturated heterocycles. The number of nitrogens with one attached hydrogen (secondary N) is 2. The van der Waals surface area contributed by atoms with Crippen molar-refractivity contribution in [2.75, 3.05) is 12.4 Å². The molecule has 1 aliphatic heterocycles. The van der Waals surface area contributed by atoms with Crippen molar-refractivity contribution in [3.05, 3.63) is 48.1 Å². The second-order valence-corrected chi connectivity index (χ2v) is 5.81. The molecule has 0 saturated carbocycles. The first-order chi connectivity index (χ1) is 11.1. The summed E-state index contributed by atoms with van der Waals surface area (Å²) in [7, 11) is 1.85. The van der Waals surface area contributed by atoms with E-state index in [4.69, 9.17) is 0 Å². The molecule has 3 rings (SSSR count). The second-order valence-electron chi connectivity index (χ2n) is 5.81. The van der Waals surface area contributed by atoms with Gasteiger partial charge in [0, 0.05) is 42.0 Å². The molecule has 2 unspecified atom stereocenters. The zero-order valence-electron chi connectivity index (χ0n) is 13.7. The number of hydrogen-bond donors (Lipinski definition) is 3. The summed E-state index contributed by atoms with van der Waals surface area (Å²) >= 11 is 0. The van der Waals surface area contributed by atoms with Crippen molar-refractivity contribution in [3.63, 3.8) is 0 Å². The molecule has 0 aromatic carbocycles. The highest BCUT2D eigenvalue weighted by Crippen LogP contribution is 2.27. The van der Waals surface area contributed by atoms with Crippen LogP contribution < -0.4 is 10.6 Å². The summed E-state index contributed by atoms with van der Waals surface area (Å²) in [6.45, 7) is 4.03. The van der Waals surface area contributed by atoms with E-state index in [0.29, 0.717) is 0 Å². The number of aliphatic hydroxyl groups excluding tert-OH is 1. The molecule has 0 bridgehead atoms. The van der Waals surface area contributed by atoms with E-state index in [1.54, 1.807) is 0 Å². The number of pyridine rings is 2. The van der Waals surface area contributed by atoms with Gasteiger partial charge < -0.3 is 15.7 Å². The zero-order valence-corrected chi connectivity index (χ0v) is 13.7. The molecule has 0 spiro atoms. The minimum atomic E-state index is -0.378. The van der Waals surface area contributed by atoms with E-state index in [2.05, 4.69) is 33.6 Å². The summed E-state index contributed by atoms with van der Waals surface area (Å²) in [5, 5.41) is 18.4. The molecular weight excluding hydrogens is 288 g/mol. The zero-order chi connectivity index (χ0) is 16.4. The van der Waals surface area contributed by atoms with Gasteiger partial charge in [-0.2, -0.15) is 0 Å². The van der Waals surface area contributed by atoms with Crippen molar-refractivity contribution < 1.29 is 5.11 Å². The van der Waals surface area contributed by atoms with Gasteiger partial charge in [-0.25, -0.2) is 4.98 Å². The first-order valence-corrected chi connectivity index (χ1v) is 7.89. The lowest BCUT2D eigenvalue weighted by Gasteiger charge is -2.25. The van der Waals surface area contributed by atoms with Gasteiger partial charge in [-0.15, -0.1) is 0 Å². The van der Waals surface area contributed by atoms with Crippen LogP contribution in [0.25, 0.3) is 16.3 Å². The van der Waals surface area contributed by atoms with E-state index in [0.717, 1.165) is 39.9 Å². The molecule has 0 aliphatic carbocycles. The van der Waals surface area contributed by atoms with Crippen molar-refractivity contribution >= 4 is 22.2 Å². The average molecular weight is 310 g/mol. The fourth-order valence-electron chi connectivity index (χ4n) is 2.77. The molecule has 5 heteroatoms. The van der Waals surface area contributed by atoms with Gasteiger partial charge in [0.1, 0.15) is 5.82 Å². The van der Waals surface area contributed by atoms with Crippen molar-refractivity contribution in [2.45, 2.75) is 32.4 Å². The Labute approximate surface area is 136 Å². The van der Waals surface area contributed by atoms with E-state index in [-0.39, 0.29) is 12.1 Å². The predicted molar refractivity (Wildman–Crippen MR) is 94.0 cm³/mol. The van der Waals surface area contributed by atoms with Crippen LogP contribution in [-0.4, -0.2) is 34.3 Å². The summed E-state index contributed by atoms with van der Waals surface area (Å²) in [6.07, 6.45) is 8.08. The topological polar surface area (TPSA) is 70.1 Å². The molecule has 120 valence electrons. The summed E-state index contributed by atoms with van der Waals surface area (Å²) < 4.78 is 0. The van der Waals surface area contributed by atoms with Crippen LogP contribution in [0.3, 0.4) is 0 Å².